The van der Waals surface area contributed by atoms with Crippen LogP contribution in [0.1, 0.15) is 17.3 Å². The monoisotopic (exact) mass is 257 g/mol. The van der Waals surface area contributed by atoms with E-state index >= 15 is 0 Å². The zero-order valence-corrected chi connectivity index (χ0v) is 10.3. The largest absolute Gasteiger partial charge is 0.460 e. The zero-order chi connectivity index (χ0) is 13.9. The normalized spacial score (nSPS) is 10.1. The van der Waals surface area contributed by atoms with Crippen molar-refractivity contribution in [3.63, 3.8) is 0 Å². The highest BCUT2D eigenvalue weighted by Gasteiger charge is 2.27. The summed E-state index contributed by atoms with van der Waals surface area (Å²) in [5.74, 6) is -4.14. The Morgan fingerprint density at radius 1 is 1.22 bits per heavy atom. The molecule has 6 heteroatoms. The molecule has 0 aliphatic carbocycles. The Labute approximate surface area is 103 Å². The molecule has 98 valence electrons. The summed E-state index contributed by atoms with van der Waals surface area (Å²) in [5.41, 5.74) is -0.883. The van der Waals surface area contributed by atoms with Crippen LogP contribution in [-0.2, 0) is 9.53 Å². The molecule has 0 aromatic heterocycles. The van der Waals surface area contributed by atoms with Gasteiger partial charge in [-0.25, -0.2) is 13.6 Å². The number of hydrogen-bond donors (Lipinski definition) is 0. The number of ether oxygens (including phenoxy) is 1. The third-order valence-corrected chi connectivity index (χ3v) is 2.21. The van der Waals surface area contributed by atoms with E-state index in [1.165, 1.54) is 25.9 Å². The number of ketones is 1. The van der Waals surface area contributed by atoms with Gasteiger partial charge in [0.05, 0.1) is 17.9 Å². The van der Waals surface area contributed by atoms with Crippen LogP contribution in [0.25, 0.3) is 0 Å². The Bertz CT molecular complexity index is 486. The molecule has 0 radical (unpaired) electrons. The van der Waals surface area contributed by atoms with Gasteiger partial charge in [0, 0.05) is 14.1 Å². The third kappa shape index (κ3) is 2.64. The molecular weight excluding hydrogens is 244 g/mol. The SMILES string of the molecule is CCOC(=O)C(=O)c1c(F)ccc(F)c1N(C)C. The Kier molecular flexibility index (Phi) is 4.36. The van der Waals surface area contributed by atoms with Crippen LogP contribution in [0.3, 0.4) is 0 Å². The van der Waals surface area contributed by atoms with Crippen LogP contribution in [0.4, 0.5) is 14.5 Å². The van der Waals surface area contributed by atoms with Gasteiger partial charge in [0.25, 0.3) is 5.78 Å². The first kappa shape index (κ1) is 14.1. The minimum absolute atomic E-state index is 0.0151. The molecule has 0 aliphatic heterocycles. The summed E-state index contributed by atoms with van der Waals surface area (Å²) < 4.78 is 31.7. The van der Waals surface area contributed by atoms with Crippen molar-refractivity contribution in [3.8, 4) is 0 Å². The van der Waals surface area contributed by atoms with Gasteiger partial charge in [-0.05, 0) is 19.1 Å². The second kappa shape index (κ2) is 5.57. The second-order valence-corrected chi connectivity index (χ2v) is 3.70. The van der Waals surface area contributed by atoms with E-state index in [1.54, 1.807) is 0 Å². The van der Waals surface area contributed by atoms with Gasteiger partial charge in [0.2, 0.25) is 0 Å². The lowest BCUT2D eigenvalue weighted by molar-refractivity contribution is -0.137. The second-order valence-electron chi connectivity index (χ2n) is 3.70. The molecule has 0 N–H and O–H groups in total. The van der Waals surface area contributed by atoms with Gasteiger partial charge in [-0.1, -0.05) is 0 Å². The Balaban J connectivity index is 3.34. The van der Waals surface area contributed by atoms with Crippen LogP contribution < -0.4 is 4.90 Å². The molecule has 0 saturated carbocycles. The minimum atomic E-state index is -1.20. The Morgan fingerprint density at radius 2 is 1.78 bits per heavy atom. The molecule has 0 fully saturated rings. The molecule has 4 nitrogen and oxygen atoms in total. The van der Waals surface area contributed by atoms with Crippen molar-refractivity contribution in [1.82, 2.24) is 0 Å². The third-order valence-electron chi connectivity index (χ3n) is 2.21. The zero-order valence-electron chi connectivity index (χ0n) is 10.3. The lowest BCUT2D eigenvalue weighted by Crippen LogP contribution is -2.23. The maximum absolute atomic E-state index is 13.6. The number of esters is 1. The molecule has 1 aromatic rings. The molecule has 0 spiro atoms. The predicted molar refractivity (Wildman–Crippen MR) is 61.6 cm³/mol. The van der Waals surface area contributed by atoms with Crippen LogP contribution in [-0.4, -0.2) is 32.5 Å². The van der Waals surface area contributed by atoms with Crippen molar-refractivity contribution >= 4 is 17.4 Å². The van der Waals surface area contributed by atoms with Gasteiger partial charge in [-0.2, -0.15) is 0 Å². The molecule has 1 aromatic carbocycles. The topological polar surface area (TPSA) is 46.6 Å². The smallest absolute Gasteiger partial charge is 0.379 e. The van der Waals surface area contributed by atoms with E-state index in [1.807, 2.05) is 0 Å². The molecule has 0 saturated heterocycles. The Hall–Kier alpha value is -1.98. The first-order chi connectivity index (χ1) is 8.40. The van der Waals surface area contributed by atoms with Crippen molar-refractivity contribution in [2.75, 3.05) is 25.6 Å². The fourth-order valence-corrected chi connectivity index (χ4v) is 1.49. The standard InChI is InChI=1S/C12H13F2NO3/c1-4-18-12(17)11(16)9-7(13)5-6-8(14)10(9)15(2)3/h5-6H,4H2,1-3H3. The maximum atomic E-state index is 13.6. The number of benzene rings is 1. The molecule has 1 rings (SSSR count). The molecule has 0 amide bonds. The van der Waals surface area contributed by atoms with E-state index in [0.29, 0.717) is 0 Å². The van der Waals surface area contributed by atoms with Gasteiger partial charge in [0.15, 0.2) is 0 Å². The molecular formula is C12H13F2NO3. The summed E-state index contributed by atoms with van der Waals surface area (Å²) >= 11 is 0. The number of nitrogens with zero attached hydrogens (tertiary/aromatic N) is 1. The minimum Gasteiger partial charge on any atom is -0.460 e. The predicted octanol–water partition coefficient (Wildman–Crippen LogP) is 1.78. The van der Waals surface area contributed by atoms with E-state index in [-0.39, 0.29) is 12.3 Å². The summed E-state index contributed by atoms with van der Waals surface area (Å²) in [7, 11) is 2.89. The highest BCUT2D eigenvalue weighted by Crippen LogP contribution is 2.26. The van der Waals surface area contributed by atoms with Crippen LogP contribution in [0.15, 0.2) is 12.1 Å². The summed E-state index contributed by atoms with van der Waals surface area (Å²) in [6.07, 6.45) is 0. The van der Waals surface area contributed by atoms with Crippen molar-refractivity contribution in [2.45, 2.75) is 6.92 Å². The van der Waals surface area contributed by atoms with Crippen LogP contribution in [0, 0.1) is 11.6 Å². The summed E-state index contributed by atoms with van der Waals surface area (Å²) in [4.78, 5) is 24.3. The number of carbonyl (C=O) groups excluding carboxylic acids is 2. The van der Waals surface area contributed by atoms with Crippen molar-refractivity contribution in [2.24, 2.45) is 0 Å². The average Bonchev–Trinajstić information content (AvgIpc) is 2.30. The first-order valence-electron chi connectivity index (χ1n) is 5.26. The summed E-state index contributed by atoms with van der Waals surface area (Å²) in [6, 6.07) is 1.70. The van der Waals surface area contributed by atoms with Gasteiger partial charge >= 0.3 is 5.97 Å². The summed E-state index contributed by atoms with van der Waals surface area (Å²) in [6.45, 7) is 1.50. The molecule has 0 unspecified atom stereocenters. The summed E-state index contributed by atoms with van der Waals surface area (Å²) in [5, 5.41) is 0. The highest BCUT2D eigenvalue weighted by atomic mass is 19.1. The quantitative estimate of drug-likeness (QED) is 0.468. The number of halogens is 2. The number of Topliss-reactive ketones (excluding diaryl/α,β-unsaturated/α-hetero) is 1. The van der Waals surface area contributed by atoms with Gasteiger partial charge in [0.1, 0.15) is 11.6 Å². The lowest BCUT2D eigenvalue weighted by atomic mass is 10.1. The van der Waals surface area contributed by atoms with Crippen molar-refractivity contribution in [1.29, 1.82) is 0 Å². The van der Waals surface area contributed by atoms with Crippen molar-refractivity contribution in [3.05, 3.63) is 29.3 Å². The van der Waals surface area contributed by atoms with E-state index in [9.17, 15) is 18.4 Å². The van der Waals surface area contributed by atoms with Crippen LogP contribution >= 0.6 is 0 Å². The fraction of sp³-hybridized carbons (Fsp3) is 0.333. The van der Waals surface area contributed by atoms with Gasteiger partial charge in [-0.15, -0.1) is 0 Å². The molecule has 0 heterocycles. The van der Waals surface area contributed by atoms with E-state index in [4.69, 9.17) is 0 Å². The maximum Gasteiger partial charge on any atom is 0.379 e. The molecule has 0 atom stereocenters. The van der Waals surface area contributed by atoms with E-state index in [0.717, 1.165) is 12.1 Å². The van der Waals surface area contributed by atoms with Crippen LogP contribution in [0.5, 0.6) is 0 Å². The van der Waals surface area contributed by atoms with E-state index in [2.05, 4.69) is 4.74 Å². The van der Waals surface area contributed by atoms with Crippen LogP contribution in [0.2, 0.25) is 0 Å². The number of anilines is 1. The number of rotatable bonds is 4. The fourth-order valence-electron chi connectivity index (χ4n) is 1.49. The van der Waals surface area contributed by atoms with Gasteiger partial charge in [-0.3, -0.25) is 4.79 Å². The molecule has 0 aliphatic rings. The average molecular weight is 257 g/mol. The van der Waals surface area contributed by atoms with E-state index < -0.39 is 29.0 Å². The number of hydrogen-bond acceptors (Lipinski definition) is 4. The highest BCUT2D eigenvalue weighted by molar-refractivity contribution is 6.42. The molecule has 18 heavy (non-hydrogen) atoms. The van der Waals surface area contributed by atoms with Gasteiger partial charge < -0.3 is 9.64 Å². The Morgan fingerprint density at radius 3 is 2.28 bits per heavy atom. The lowest BCUT2D eigenvalue weighted by Gasteiger charge is -2.17. The molecule has 0 bridgehead atoms. The van der Waals surface area contributed by atoms with Crippen molar-refractivity contribution < 1.29 is 23.1 Å². The first-order valence-corrected chi connectivity index (χ1v) is 5.26. The number of carbonyl (C=O) groups is 2.